The first kappa shape index (κ1) is 14.8. The zero-order valence-electron chi connectivity index (χ0n) is 13.1. The summed E-state index contributed by atoms with van der Waals surface area (Å²) < 4.78 is 7.75. The highest BCUT2D eigenvalue weighted by Crippen LogP contribution is 2.27. The fraction of sp³-hybridized carbons (Fsp3) is 0.316. The fourth-order valence-electron chi connectivity index (χ4n) is 3.32. The number of ether oxygens (including phenoxy) is 1. The molecule has 4 heteroatoms. The standard InChI is InChI=1S/C19H19NO2S/c1-13-11-20(9-10-22-13)12-14-5-4-8-17-18(14)19(21)15-6-2-3-7-16(15)23-17/h2-8,13H,9-12H2,1H3. The summed E-state index contributed by atoms with van der Waals surface area (Å²) >= 11 is 1.70. The maximum atomic E-state index is 13.0. The summed E-state index contributed by atoms with van der Waals surface area (Å²) in [6, 6.07) is 14.1. The molecular formula is C19H19NO2S. The Morgan fingerprint density at radius 3 is 2.87 bits per heavy atom. The van der Waals surface area contributed by atoms with Crippen molar-refractivity contribution < 1.29 is 4.74 Å². The molecule has 0 bridgehead atoms. The molecule has 0 N–H and O–H groups in total. The molecule has 1 aromatic heterocycles. The van der Waals surface area contributed by atoms with Crippen molar-refractivity contribution in [2.45, 2.75) is 19.6 Å². The number of nitrogens with zero attached hydrogens (tertiary/aromatic N) is 1. The van der Waals surface area contributed by atoms with E-state index in [0.29, 0.717) is 0 Å². The Labute approximate surface area is 139 Å². The van der Waals surface area contributed by atoms with E-state index >= 15 is 0 Å². The molecular weight excluding hydrogens is 306 g/mol. The Morgan fingerprint density at radius 1 is 1.17 bits per heavy atom. The van der Waals surface area contributed by atoms with Gasteiger partial charge in [-0.2, -0.15) is 0 Å². The van der Waals surface area contributed by atoms with Gasteiger partial charge in [0.05, 0.1) is 12.7 Å². The van der Waals surface area contributed by atoms with Crippen LogP contribution < -0.4 is 5.43 Å². The molecule has 118 valence electrons. The number of hydrogen-bond acceptors (Lipinski definition) is 4. The van der Waals surface area contributed by atoms with Gasteiger partial charge in [-0.05, 0) is 30.7 Å². The van der Waals surface area contributed by atoms with Gasteiger partial charge in [0.15, 0.2) is 5.43 Å². The lowest BCUT2D eigenvalue weighted by Gasteiger charge is -2.31. The van der Waals surface area contributed by atoms with Crippen LogP contribution in [0.5, 0.6) is 0 Å². The van der Waals surface area contributed by atoms with Crippen molar-refractivity contribution in [2.75, 3.05) is 19.7 Å². The van der Waals surface area contributed by atoms with Crippen LogP contribution >= 0.6 is 11.3 Å². The van der Waals surface area contributed by atoms with Gasteiger partial charge < -0.3 is 4.74 Å². The smallest absolute Gasteiger partial charge is 0.196 e. The van der Waals surface area contributed by atoms with Crippen LogP contribution in [-0.2, 0) is 11.3 Å². The zero-order chi connectivity index (χ0) is 15.8. The third-order valence-corrected chi connectivity index (χ3v) is 5.55. The summed E-state index contributed by atoms with van der Waals surface area (Å²) in [4.78, 5) is 15.4. The second-order valence-corrected chi connectivity index (χ2v) is 7.22. The molecule has 1 saturated heterocycles. The quantitative estimate of drug-likeness (QED) is 0.674. The van der Waals surface area contributed by atoms with Crippen molar-refractivity contribution in [1.29, 1.82) is 0 Å². The van der Waals surface area contributed by atoms with E-state index in [2.05, 4.69) is 30.0 Å². The van der Waals surface area contributed by atoms with E-state index < -0.39 is 0 Å². The first-order chi connectivity index (χ1) is 11.2. The maximum Gasteiger partial charge on any atom is 0.196 e. The first-order valence-corrected chi connectivity index (χ1v) is 8.81. The molecule has 4 rings (SSSR count). The van der Waals surface area contributed by atoms with Crippen LogP contribution in [0.15, 0.2) is 47.3 Å². The number of rotatable bonds is 2. The number of hydrogen-bond donors (Lipinski definition) is 0. The van der Waals surface area contributed by atoms with E-state index in [1.165, 1.54) is 0 Å². The minimum atomic E-state index is 0.159. The van der Waals surface area contributed by atoms with Gasteiger partial charge in [0, 0.05) is 39.8 Å². The van der Waals surface area contributed by atoms with Crippen molar-refractivity contribution in [3.63, 3.8) is 0 Å². The lowest BCUT2D eigenvalue weighted by Crippen LogP contribution is -2.40. The highest BCUT2D eigenvalue weighted by Gasteiger charge is 2.18. The van der Waals surface area contributed by atoms with Crippen LogP contribution in [0.3, 0.4) is 0 Å². The van der Waals surface area contributed by atoms with Crippen molar-refractivity contribution >= 4 is 31.5 Å². The molecule has 0 amide bonds. The summed E-state index contributed by atoms with van der Waals surface area (Å²) in [5.74, 6) is 0. The molecule has 3 nitrogen and oxygen atoms in total. The van der Waals surface area contributed by atoms with Gasteiger partial charge >= 0.3 is 0 Å². The Hall–Kier alpha value is -1.75. The zero-order valence-corrected chi connectivity index (χ0v) is 13.9. The molecule has 1 atom stereocenters. The van der Waals surface area contributed by atoms with E-state index in [0.717, 1.165) is 52.0 Å². The normalized spacial score (nSPS) is 19.4. The Kier molecular flexibility index (Phi) is 3.89. The van der Waals surface area contributed by atoms with Gasteiger partial charge in [-0.15, -0.1) is 11.3 Å². The summed E-state index contributed by atoms with van der Waals surface area (Å²) in [6.45, 7) is 5.52. The van der Waals surface area contributed by atoms with Crippen LogP contribution in [0.25, 0.3) is 20.2 Å². The Bertz CT molecular complexity index is 918. The summed E-state index contributed by atoms with van der Waals surface area (Å²) in [5.41, 5.74) is 1.29. The molecule has 0 aliphatic carbocycles. The monoisotopic (exact) mass is 325 g/mol. The summed E-state index contributed by atoms with van der Waals surface area (Å²) in [6.07, 6.45) is 0.258. The van der Waals surface area contributed by atoms with E-state index in [9.17, 15) is 4.79 Å². The molecule has 23 heavy (non-hydrogen) atoms. The summed E-state index contributed by atoms with van der Waals surface area (Å²) in [7, 11) is 0. The molecule has 3 aromatic rings. The average Bonchev–Trinajstić information content (AvgIpc) is 2.55. The second kappa shape index (κ2) is 6.04. The van der Waals surface area contributed by atoms with E-state index in [1.807, 2.05) is 24.3 Å². The third-order valence-electron chi connectivity index (χ3n) is 4.41. The SMILES string of the molecule is CC1CN(Cc2cccc3sc4ccccc4c(=O)c23)CCO1. The molecule has 1 aliphatic heterocycles. The topological polar surface area (TPSA) is 29.5 Å². The van der Waals surface area contributed by atoms with Crippen molar-refractivity contribution in [3.8, 4) is 0 Å². The fourth-order valence-corrected chi connectivity index (χ4v) is 4.45. The van der Waals surface area contributed by atoms with E-state index in [4.69, 9.17) is 4.74 Å². The predicted molar refractivity (Wildman–Crippen MR) is 96.3 cm³/mol. The molecule has 0 spiro atoms. The number of benzene rings is 2. The highest BCUT2D eigenvalue weighted by molar-refractivity contribution is 7.24. The Balaban J connectivity index is 1.83. The third kappa shape index (κ3) is 2.78. The van der Waals surface area contributed by atoms with Gasteiger partial charge in [0.2, 0.25) is 0 Å². The van der Waals surface area contributed by atoms with Crippen LogP contribution in [0.4, 0.5) is 0 Å². The Morgan fingerprint density at radius 2 is 2.00 bits per heavy atom. The minimum Gasteiger partial charge on any atom is -0.376 e. The maximum absolute atomic E-state index is 13.0. The average molecular weight is 325 g/mol. The molecule has 0 radical (unpaired) electrons. The van der Waals surface area contributed by atoms with Crippen LogP contribution in [0, 0.1) is 0 Å². The van der Waals surface area contributed by atoms with Gasteiger partial charge in [0.1, 0.15) is 0 Å². The van der Waals surface area contributed by atoms with Gasteiger partial charge in [-0.25, -0.2) is 0 Å². The van der Waals surface area contributed by atoms with Gasteiger partial charge in [0.25, 0.3) is 0 Å². The van der Waals surface area contributed by atoms with E-state index in [1.54, 1.807) is 11.3 Å². The van der Waals surface area contributed by atoms with E-state index in [-0.39, 0.29) is 11.5 Å². The summed E-state index contributed by atoms with van der Waals surface area (Å²) in [5, 5.41) is 1.71. The lowest BCUT2D eigenvalue weighted by atomic mass is 10.1. The molecule has 1 fully saturated rings. The highest BCUT2D eigenvalue weighted by atomic mass is 32.1. The number of fused-ring (bicyclic) bond motifs is 2. The van der Waals surface area contributed by atoms with Crippen molar-refractivity contribution in [1.82, 2.24) is 4.90 Å². The second-order valence-electron chi connectivity index (χ2n) is 6.13. The van der Waals surface area contributed by atoms with Crippen LogP contribution in [0.1, 0.15) is 12.5 Å². The van der Waals surface area contributed by atoms with Crippen LogP contribution in [-0.4, -0.2) is 30.7 Å². The molecule has 1 unspecified atom stereocenters. The van der Waals surface area contributed by atoms with Gasteiger partial charge in [-0.1, -0.05) is 24.3 Å². The van der Waals surface area contributed by atoms with Crippen LogP contribution in [0.2, 0.25) is 0 Å². The first-order valence-electron chi connectivity index (χ1n) is 8.00. The predicted octanol–water partition coefficient (Wildman–Crippen LogP) is 3.64. The van der Waals surface area contributed by atoms with Gasteiger partial charge in [-0.3, -0.25) is 9.69 Å². The lowest BCUT2D eigenvalue weighted by molar-refractivity contribution is -0.0210. The molecule has 1 aliphatic rings. The van der Waals surface area contributed by atoms with Crippen molar-refractivity contribution in [3.05, 3.63) is 58.3 Å². The molecule has 2 heterocycles. The number of morpholine rings is 1. The largest absolute Gasteiger partial charge is 0.376 e. The minimum absolute atomic E-state index is 0.159. The van der Waals surface area contributed by atoms with Crippen molar-refractivity contribution in [2.24, 2.45) is 0 Å². The molecule has 0 saturated carbocycles. The molecule has 2 aromatic carbocycles.